The van der Waals surface area contributed by atoms with Crippen molar-refractivity contribution < 1.29 is 5.11 Å². The maximum atomic E-state index is 9.40. The summed E-state index contributed by atoms with van der Waals surface area (Å²) in [6, 6.07) is 5.06. The lowest BCUT2D eigenvalue weighted by atomic mass is 10.1. The summed E-state index contributed by atoms with van der Waals surface area (Å²) in [5.74, 6) is 0. The minimum absolute atomic E-state index is 0. The normalized spacial score (nSPS) is 12.0. The highest BCUT2D eigenvalue weighted by Gasteiger charge is 2.12. The van der Waals surface area contributed by atoms with Crippen molar-refractivity contribution in [1.82, 2.24) is 0 Å². The molecule has 74 valence electrons. The minimum atomic E-state index is -0.786. The molecule has 3 N–H and O–H groups in total. The summed E-state index contributed by atoms with van der Waals surface area (Å²) in [5.41, 5.74) is 5.78. The first-order chi connectivity index (χ1) is 5.66. The monoisotopic (exact) mass is 241 g/mol. The predicted octanol–water partition coefficient (Wildman–Crippen LogP) is 2.41. The quantitative estimate of drug-likeness (QED) is 0.837. The standard InChI is InChI=1S/C8H9Cl2NO.ClH/c9-5-2-1-3-6(10)8(5)7(12)4-11;/h1-3,7,12H,4,11H2;1H. The molecule has 0 fully saturated rings. The highest BCUT2D eigenvalue weighted by Crippen LogP contribution is 2.29. The molecule has 1 unspecified atom stereocenters. The molecule has 1 aromatic carbocycles. The molecule has 0 amide bonds. The van der Waals surface area contributed by atoms with Gasteiger partial charge in [0.25, 0.3) is 0 Å². The lowest BCUT2D eigenvalue weighted by molar-refractivity contribution is 0.187. The van der Waals surface area contributed by atoms with Gasteiger partial charge in [-0.2, -0.15) is 0 Å². The van der Waals surface area contributed by atoms with E-state index in [2.05, 4.69) is 0 Å². The highest BCUT2D eigenvalue weighted by molar-refractivity contribution is 6.36. The van der Waals surface area contributed by atoms with Crippen LogP contribution < -0.4 is 5.73 Å². The van der Waals surface area contributed by atoms with Crippen LogP contribution >= 0.6 is 35.6 Å². The summed E-state index contributed by atoms with van der Waals surface area (Å²) in [6.45, 7) is 0.115. The van der Waals surface area contributed by atoms with Crippen LogP contribution in [0.1, 0.15) is 11.7 Å². The van der Waals surface area contributed by atoms with E-state index in [4.69, 9.17) is 28.9 Å². The van der Waals surface area contributed by atoms with Crippen molar-refractivity contribution in [3.05, 3.63) is 33.8 Å². The van der Waals surface area contributed by atoms with Gasteiger partial charge in [0.05, 0.1) is 6.10 Å². The largest absolute Gasteiger partial charge is 0.387 e. The van der Waals surface area contributed by atoms with E-state index in [1.165, 1.54) is 0 Å². The number of hydrogen-bond donors (Lipinski definition) is 2. The zero-order valence-electron chi connectivity index (χ0n) is 6.71. The maximum Gasteiger partial charge on any atom is 0.0941 e. The molecule has 0 radical (unpaired) electrons. The van der Waals surface area contributed by atoms with Gasteiger partial charge >= 0.3 is 0 Å². The third-order valence-electron chi connectivity index (χ3n) is 1.56. The van der Waals surface area contributed by atoms with Gasteiger partial charge in [0, 0.05) is 22.2 Å². The molecule has 1 atom stereocenters. The van der Waals surface area contributed by atoms with E-state index in [1.807, 2.05) is 0 Å². The minimum Gasteiger partial charge on any atom is -0.387 e. The first-order valence-corrected chi connectivity index (χ1v) is 4.24. The van der Waals surface area contributed by atoms with Crippen LogP contribution in [0.3, 0.4) is 0 Å². The Balaban J connectivity index is 0.00000144. The Morgan fingerprint density at radius 2 is 1.77 bits per heavy atom. The summed E-state index contributed by atoms with van der Waals surface area (Å²) in [6.07, 6.45) is -0.786. The van der Waals surface area contributed by atoms with Gasteiger partial charge < -0.3 is 10.8 Å². The number of rotatable bonds is 2. The first-order valence-electron chi connectivity index (χ1n) is 3.49. The van der Waals surface area contributed by atoms with Crippen LogP contribution in [0.25, 0.3) is 0 Å². The van der Waals surface area contributed by atoms with Crippen LogP contribution in [0.4, 0.5) is 0 Å². The van der Waals surface area contributed by atoms with E-state index in [1.54, 1.807) is 18.2 Å². The molecule has 0 aliphatic heterocycles. The second-order valence-corrected chi connectivity index (χ2v) is 3.20. The summed E-state index contributed by atoms with van der Waals surface area (Å²) in [4.78, 5) is 0. The third kappa shape index (κ3) is 3.01. The van der Waals surface area contributed by atoms with Crippen molar-refractivity contribution in [2.75, 3.05) is 6.54 Å². The van der Waals surface area contributed by atoms with Crippen molar-refractivity contribution in [3.8, 4) is 0 Å². The summed E-state index contributed by atoms with van der Waals surface area (Å²) in [7, 11) is 0. The molecule has 2 nitrogen and oxygen atoms in total. The number of aliphatic hydroxyl groups is 1. The van der Waals surface area contributed by atoms with Crippen LogP contribution in [0.5, 0.6) is 0 Å². The summed E-state index contributed by atoms with van der Waals surface area (Å²) < 4.78 is 0. The Hall–Kier alpha value is 0.01000. The average Bonchev–Trinajstić information content (AvgIpc) is 2.03. The zero-order valence-corrected chi connectivity index (χ0v) is 9.03. The number of benzene rings is 1. The first kappa shape index (κ1) is 13.0. The molecular weight excluding hydrogens is 232 g/mol. The Bertz CT molecular complexity index is 260. The fourth-order valence-corrected chi connectivity index (χ4v) is 1.60. The van der Waals surface area contributed by atoms with E-state index in [9.17, 15) is 5.11 Å². The number of aliphatic hydroxyl groups excluding tert-OH is 1. The second-order valence-electron chi connectivity index (χ2n) is 2.39. The van der Waals surface area contributed by atoms with Gasteiger partial charge in [0.1, 0.15) is 0 Å². The van der Waals surface area contributed by atoms with Crippen molar-refractivity contribution in [2.24, 2.45) is 5.73 Å². The fourth-order valence-electron chi connectivity index (χ4n) is 0.947. The summed E-state index contributed by atoms with van der Waals surface area (Å²) in [5, 5.41) is 10.3. The van der Waals surface area contributed by atoms with Crippen molar-refractivity contribution in [1.29, 1.82) is 0 Å². The molecule has 0 bridgehead atoms. The van der Waals surface area contributed by atoms with E-state index in [0.29, 0.717) is 15.6 Å². The lowest BCUT2D eigenvalue weighted by Gasteiger charge is -2.11. The van der Waals surface area contributed by atoms with E-state index >= 15 is 0 Å². The Labute approximate surface area is 93.1 Å². The SMILES string of the molecule is Cl.NCC(O)c1c(Cl)cccc1Cl. The fraction of sp³-hybridized carbons (Fsp3) is 0.250. The molecule has 0 spiro atoms. The predicted molar refractivity (Wildman–Crippen MR) is 57.7 cm³/mol. The number of halogens is 3. The van der Waals surface area contributed by atoms with E-state index < -0.39 is 6.10 Å². The Morgan fingerprint density at radius 1 is 1.31 bits per heavy atom. The van der Waals surface area contributed by atoms with Crippen LogP contribution in [0.2, 0.25) is 10.0 Å². The van der Waals surface area contributed by atoms with Crippen molar-refractivity contribution in [2.45, 2.75) is 6.10 Å². The zero-order chi connectivity index (χ0) is 9.14. The molecule has 5 heteroatoms. The van der Waals surface area contributed by atoms with Gasteiger partial charge in [-0.15, -0.1) is 12.4 Å². The molecule has 0 saturated heterocycles. The average molecular weight is 243 g/mol. The highest BCUT2D eigenvalue weighted by atomic mass is 35.5. The molecule has 1 aromatic rings. The van der Waals surface area contributed by atoms with E-state index in [0.717, 1.165) is 0 Å². The Kier molecular flexibility index (Phi) is 5.68. The lowest BCUT2D eigenvalue weighted by Crippen LogP contribution is -2.12. The van der Waals surface area contributed by atoms with Crippen LogP contribution in [0, 0.1) is 0 Å². The van der Waals surface area contributed by atoms with Gasteiger partial charge in [-0.05, 0) is 12.1 Å². The maximum absolute atomic E-state index is 9.40. The van der Waals surface area contributed by atoms with Crippen LogP contribution in [0.15, 0.2) is 18.2 Å². The van der Waals surface area contributed by atoms with Gasteiger partial charge in [-0.1, -0.05) is 29.3 Å². The molecule has 0 aromatic heterocycles. The molecule has 0 saturated carbocycles. The molecule has 0 aliphatic rings. The topological polar surface area (TPSA) is 46.2 Å². The molecule has 0 heterocycles. The number of hydrogen-bond acceptors (Lipinski definition) is 2. The van der Waals surface area contributed by atoms with Gasteiger partial charge in [-0.3, -0.25) is 0 Å². The van der Waals surface area contributed by atoms with Crippen molar-refractivity contribution >= 4 is 35.6 Å². The smallest absolute Gasteiger partial charge is 0.0941 e. The van der Waals surface area contributed by atoms with Crippen molar-refractivity contribution in [3.63, 3.8) is 0 Å². The molecule has 1 rings (SSSR count). The van der Waals surface area contributed by atoms with E-state index in [-0.39, 0.29) is 19.0 Å². The van der Waals surface area contributed by atoms with Crippen LogP contribution in [-0.4, -0.2) is 11.7 Å². The molecule has 0 aliphatic carbocycles. The third-order valence-corrected chi connectivity index (χ3v) is 2.22. The molecular formula is C8H10Cl3NO. The van der Waals surface area contributed by atoms with Gasteiger partial charge in [-0.25, -0.2) is 0 Å². The van der Waals surface area contributed by atoms with Crippen LogP contribution in [-0.2, 0) is 0 Å². The summed E-state index contributed by atoms with van der Waals surface area (Å²) >= 11 is 11.6. The van der Waals surface area contributed by atoms with Gasteiger partial charge in [0.15, 0.2) is 0 Å². The second kappa shape index (κ2) is 5.68. The molecule has 13 heavy (non-hydrogen) atoms. The van der Waals surface area contributed by atoms with Gasteiger partial charge in [0.2, 0.25) is 0 Å². The number of nitrogens with two attached hydrogens (primary N) is 1. The Morgan fingerprint density at radius 3 is 2.15 bits per heavy atom.